The summed E-state index contributed by atoms with van der Waals surface area (Å²) < 4.78 is 7.12. The van der Waals surface area contributed by atoms with Gasteiger partial charge in [0.2, 0.25) is 0 Å². The van der Waals surface area contributed by atoms with Gasteiger partial charge in [-0.2, -0.15) is 0 Å². The molecule has 0 saturated heterocycles. The first-order valence-corrected chi connectivity index (χ1v) is 8.22. The Hall–Kier alpha value is -1.13. The van der Waals surface area contributed by atoms with E-state index in [9.17, 15) is 4.79 Å². The number of hydrogen-bond donors (Lipinski definition) is 1. The average molecular weight is 292 g/mol. The summed E-state index contributed by atoms with van der Waals surface area (Å²) in [7, 11) is 1.69. The van der Waals surface area contributed by atoms with Gasteiger partial charge in [0.25, 0.3) is 5.56 Å². The Labute approximate surface area is 127 Å². The third-order valence-electron chi connectivity index (χ3n) is 4.22. The number of aryl methyl sites for hydroxylation is 1. The summed E-state index contributed by atoms with van der Waals surface area (Å²) in [5.41, 5.74) is 3.67. The number of nitrogens with zero attached hydrogens (tertiary/aromatic N) is 1. The van der Waals surface area contributed by atoms with E-state index in [2.05, 4.69) is 18.3 Å². The Morgan fingerprint density at radius 2 is 2.14 bits per heavy atom. The largest absolute Gasteiger partial charge is 0.383 e. The molecule has 0 unspecified atom stereocenters. The Morgan fingerprint density at radius 3 is 2.90 bits per heavy atom. The van der Waals surface area contributed by atoms with Gasteiger partial charge >= 0.3 is 0 Å². The molecule has 1 N–H and O–H groups in total. The predicted molar refractivity (Wildman–Crippen MR) is 85.8 cm³/mol. The van der Waals surface area contributed by atoms with E-state index in [0.29, 0.717) is 19.7 Å². The highest BCUT2D eigenvalue weighted by Crippen LogP contribution is 2.20. The van der Waals surface area contributed by atoms with Crippen LogP contribution in [-0.4, -0.2) is 24.8 Å². The summed E-state index contributed by atoms with van der Waals surface area (Å²) >= 11 is 0. The van der Waals surface area contributed by atoms with Crippen molar-refractivity contribution in [1.82, 2.24) is 9.88 Å². The van der Waals surface area contributed by atoms with Crippen molar-refractivity contribution in [2.24, 2.45) is 0 Å². The zero-order valence-corrected chi connectivity index (χ0v) is 13.4. The molecule has 1 aliphatic rings. The van der Waals surface area contributed by atoms with Gasteiger partial charge in [0.15, 0.2) is 0 Å². The maximum atomic E-state index is 12.7. The maximum absolute atomic E-state index is 12.7. The SMILES string of the molecule is CCCCNCc1cc2c(n(CCOC)c1=O)CCCC2. The zero-order valence-electron chi connectivity index (χ0n) is 13.4. The van der Waals surface area contributed by atoms with Crippen molar-refractivity contribution in [3.63, 3.8) is 0 Å². The molecule has 0 fully saturated rings. The van der Waals surface area contributed by atoms with E-state index in [-0.39, 0.29) is 5.56 Å². The first-order chi connectivity index (χ1) is 10.3. The highest BCUT2D eigenvalue weighted by Gasteiger charge is 2.17. The lowest BCUT2D eigenvalue weighted by molar-refractivity contribution is 0.184. The number of aromatic nitrogens is 1. The number of nitrogens with one attached hydrogen (secondary N) is 1. The number of fused-ring (bicyclic) bond motifs is 1. The monoisotopic (exact) mass is 292 g/mol. The molecule has 0 aliphatic heterocycles. The quantitative estimate of drug-likeness (QED) is 0.747. The first-order valence-electron chi connectivity index (χ1n) is 8.22. The van der Waals surface area contributed by atoms with Crippen LogP contribution < -0.4 is 10.9 Å². The summed E-state index contributed by atoms with van der Waals surface area (Å²) in [6.07, 6.45) is 6.88. The van der Waals surface area contributed by atoms with Gasteiger partial charge in [-0.05, 0) is 50.3 Å². The number of ether oxygens (including phenoxy) is 1. The van der Waals surface area contributed by atoms with Gasteiger partial charge in [-0.1, -0.05) is 13.3 Å². The van der Waals surface area contributed by atoms with E-state index in [1.165, 1.54) is 30.5 Å². The van der Waals surface area contributed by atoms with Crippen LogP contribution in [0.4, 0.5) is 0 Å². The minimum absolute atomic E-state index is 0.164. The summed E-state index contributed by atoms with van der Waals surface area (Å²) in [5.74, 6) is 0. The van der Waals surface area contributed by atoms with E-state index in [4.69, 9.17) is 4.74 Å². The zero-order chi connectivity index (χ0) is 15.1. The molecule has 1 aromatic heterocycles. The van der Waals surface area contributed by atoms with E-state index in [0.717, 1.165) is 31.4 Å². The van der Waals surface area contributed by atoms with Crippen LogP contribution in [0.15, 0.2) is 10.9 Å². The predicted octanol–water partition coefficient (Wildman–Crippen LogP) is 2.26. The molecule has 1 aromatic rings. The molecule has 0 atom stereocenters. The van der Waals surface area contributed by atoms with Crippen LogP contribution in [0.5, 0.6) is 0 Å². The number of unbranched alkanes of at least 4 members (excludes halogenated alkanes) is 1. The van der Waals surface area contributed by atoms with Gasteiger partial charge in [-0.15, -0.1) is 0 Å². The first kappa shape index (κ1) is 16.2. The lowest BCUT2D eigenvalue weighted by Crippen LogP contribution is -2.33. The van der Waals surface area contributed by atoms with Gasteiger partial charge in [-0.25, -0.2) is 0 Å². The number of methoxy groups -OCH3 is 1. The van der Waals surface area contributed by atoms with Crippen LogP contribution in [0.1, 0.15) is 49.4 Å². The average Bonchev–Trinajstić information content (AvgIpc) is 2.51. The van der Waals surface area contributed by atoms with E-state index in [1.54, 1.807) is 7.11 Å². The van der Waals surface area contributed by atoms with Crippen LogP contribution >= 0.6 is 0 Å². The van der Waals surface area contributed by atoms with Crippen LogP contribution in [0.3, 0.4) is 0 Å². The van der Waals surface area contributed by atoms with Gasteiger partial charge in [0.1, 0.15) is 0 Å². The van der Waals surface area contributed by atoms with Crippen molar-refractivity contribution in [3.8, 4) is 0 Å². The number of pyridine rings is 1. The fourth-order valence-corrected chi connectivity index (χ4v) is 3.02. The summed E-state index contributed by atoms with van der Waals surface area (Å²) in [6, 6.07) is 2.14. The van der Waals surface area contributed by atoms with Gasteiger partial charge in [-0.3, -0.25) is 4.79 Å². The molecule has 0 spiro atoms. The molecular weight excluding hydrogens is 264 g/mol. The van der Waals surface area contributed by atoms with Crippen molar-refractivity contribution in [1.29, 1.82) is 0 Å². The molecule has 0 aromatic carbocycles. The number of hydrogen-bond acceptors (Lipinski definition) is 3. The smallest absolute Gasteiger partial charge is 0.255 e. The lowest BCUT2D eigenvalue weighted by atomic mass is 9.94. The molecule has 0 bridgehead atoms. The van der Waals surface area contributed by atoms with Crippen LogP contribution in [0, 0.1) is 0 Å². The minimum Gasteiger partial charge on any atom is -0.383 e. The van der Waals surface area contributed by atoms with E-state index in [1.807, 2.05) is 4.57 Å². The molecule has 0 saturated carbocycles. The second kappa shape index (κ2) is 8.35. The van der Waals surface area contributed by atoms with Crippen molar-refractivity contribution in [2.75, 3.05) is 20.3 Å². The van der Waals surface area contributed by atoms with Gasteiger partial charge in [0, 0.05) is 31.5 Å². The molecule has 4 heteroatoms. The molecule has 21 heavy (non-hydrogen) atoms. The molecule has 2 rings (SSSR count). The molecule has 1 heterocycles. The molecule has 4 nitrogen and oxygen atoms in total. The summed E-state index contributed by atoms with van der Waals surface area (Å²) in [6.45, 7) is 5.10. The van der Waals surface area contributed by atoms with E-state index >= 15 is 0 Å². The maximum Gasteiger partial charge on any atom is 0.255 e. The second-order valence-corrected chi connectivity index (χ2v) is 5.83. The molecule has 118 valence electrons. The normalized spacial score (nSPS) is 14.2. The summed E-state index contributed by atoms with van der Waals surface area (Å²) in [5, 5.41) is 3.39. The topological polar surface area (TPSA) is 43.3 Å². The molecule has 1 aliphatic carbocycles. The molecule has 0 radical (unpaired) electrons. The Kier molecular flexibility index (Phi) is 6.46. The molecular formula is C17H28N2O2. The lowest BCUT2D eigenvalue weighted by Gasteiger charge is -2.22. The van der Waals surface area contributed by atoms with Crippen molar-refractivity contribution < 1.29 is 4.74 Å². The van der Waals surface area contributed by atoms with E-state index < -0.39 is 0 Å². The molecule has 0 amide bonds. The Balaban J connectivity index is 2.22. The highest BCUT2D eigenvalue weighted by atomic mass is 16.5. The summed E-state index contributed by atoms with van der Waals surface area (Å²) in [4.78, 5) is 12.7. The van der Waals surface area contributed by atoms with Crippen molar-refractivity contribution in [2.45, 2.75) is 58.5 Å². The Bertz CT molecular complexity index is 508. The second-order valence-electron chi connectivity index (χ2n) is 5.83. The minimum atomic E-state index is 0.164. The van der Waals surface area contributed by atoms with Crippen LogP contribution in [-0.2, 0) is 30.7 Å². The van der Waals surface area contributed by atoms with Crippen LogP contribution in [0.2, 0.25) is 0 Å². The number of rotatable bonds is 8. The standard InChI is InChI=1S/C17H28N2O2/c1-3-4-9-18-13-15-12-14-7-5-6-8-16(14)19(17(15)20)10-11-21-2/h12,18H,3-11,13H2,1-2H3. The highest BCUT2D eigenvalue weighted by molar-refractivity contribution is 5.29. The fraction of sp³-hybridized carbons (Fsp3) is 0.706. The van der Waals surface area contributed by atoms with Gasteiger partial charge in [0.05, 0.1) is 6.61 Å². The Morgan fingerprint density at radius 1 is 1.33 bits per heavy atom. The van der Waals surface area contributed by atoms with Crippen molar-refractivity contribution >= 4 is 0 Å². The van der Waals surface area contributed by atoms with Crippen LogP contribution in [0.25, 0.3) is 0 Å². The third kappa shape index (κ3) is 4.17. The van der Waals surface area contributed by atoms with Gasteiger partial charge < -0.3 is 14.6 Å². The fourth-order valence-electron chi connectivity index (χ4n) is 3.02. The van der Waals surface area contributed by atoms with Crippen molar-refractivity contribution in [3.05, 3.63) is 33.2 Å². The third-order valence-corrected chi connectivity index (χ3v) is 4.22.